The Morgan fingerprint density at radius 2 is 2.10 bits per heavy atom. The Labute approximate surface area is 67.1 Å². The number of hydrogen-bond donors (Lipinski definition) is 0. The van der Waals surface area contributed by atoms with Crippen LogP contribution in [-0.2, 0) is 0 Å². The first-order chi connectivity index (χ1) is 4.33. The summed E-state index contributed by atoms with van der Waals surface area (Å²) in [5.74, 6) is 1.89. The van der Waals surface area contributed by atoms with Gasteiger partial charge in [0.25, 0.3) is 0 Å². The molecule has 0 amide bonds. The Kier molecular flexibility index (Phi) is 3.89. The quantitative estimate of drug-likeness (QED) is 0.613. The van der Waals surface area contributed by atoms with Gasteiger partial charge in [-0.3, -0.25) is 0 Å². The van der Waals surface area contributed by atoms with Gasteiger partial charge in [-0.25, -0.2) is 0 Å². The largest absolute Gasteiger partial charge is 0.462 e. The van der Waals surface area contributed by atoms with Crippen molar-refractivity contribution < 1.29 is 4.42 Å². The SMILES string of the molecule is C/C=C/c1ccc(C)o1.Cl. The summed E-state index contributed by atoms with van der Waals surface area (Å²) < 4.78 is 5.24. The van der Waals surface area contributed by atoms with Crippen LogP contribution in [0.3, 0.4) is 0 Å². The molecule has 1 aromatic rings. The summed E-state index contributed by atoms with van der Waals surface area (Å²) >= 11 is 0. The molecule has 0 atom stereocenters. The van der Waals surface area contributed by atoms with Gasteiger partial charge < -0.3 is 4.42 Å². The van der Waals surface area contributed by atoms with E-state index in [-0.39, 0.29) is 12.4 Å². The van der Waals surface area contributed by atoms with Crippen molar-refractivity contribution in [3.63, 3.8) is 0 Å². The number of furan rings is 1. The average molecular weight is 159 g/mol. The fraction of sp³-hybridized carbons (Fsp3) is 0.250. The zero-order valence-electron chi connectivity index (χ0n) is 6.13. The van der Waals surface area contributed by atoms with Crippen LogP contribution in [0.25, 0.3) is 6.08 Å². The third kappa shape index (κ3) is 2.28. The van der Waals surface area contributed by atoms with Crippen molar-refractivity contribution in [2.24, 2.45) is 0 Å². The van der Waals surface area contributed by atoms with E-state index in [0.717, 1.165) is 11.5 Å². The highest BCUT2D eigenvalue weighted by molar-refractivity contribution is 5.85. The highest BCUT2D eigenvalue weighted by Crippen LogP contribution is 2.06. The molecule has 0 aliphatic heterocycles. The van der Waals surface area contributed by atoms with Crippen molar-refractivity contribution in [1.82, 2.24) is 0 Å². The van der Waals surface area contributed by atoms with Gasteiger partial charge >= 0.3 is 0 Å². The Balaban J connectivity index is 0.000000810. The van der Waals surface area contributed by atoms with Crippen LogP contribution in [0.4, 0.5) is 0 Å². The van der Waals surface area contributed by atoms with Crippen LogP contribution < -0.4 is 0 Å². The van der Waals surface area contributed by atoms with Crippen LogP contribution in [0.15, 0.2) is 22.6 Å². The Morgan fingerprint density at radius 1 is 1.40 bits per heavy atom. The summed E-state index contributed by atoms with van der Waals surface area (Å²) in [5.41, 5.74) is 0. The molecule has 0 aliphatic rings. The molecule has 0 saturated carbocycles. The van der Waals surface area contributed by atoms with Crippen LogP contribution in [0, 0.1) is 6.92 Å². The van der Waals surface area contributed by atoms with Gasteiger partial charge in [0.2, 0.25) is 0 Å². The van der Waals surface area contributed by atoms with Crippen molar-refractivity contribution in [3.05, 3.63) is 29.7 Å². The molecule has 2 heteroatoms. The van der Waals surface area contributed by atoms with Crippen LogP contribution >= 0.6 is 12.4 Å². The molecule has 10 heavy (non-hydrogen) atoms. The van der Waals surface area contributed by atoms with Gasteiger partial charge in [0.05, 0.1) is 0 Å². The third-order valence-electron chi connectivity index (χ3n) is 1.09. The van der Waals surface area contributed by atoms with E-state index in [0.29, 0.717) is 0 Å². The topological polar surface area (TPSA) is 13.1 Å². The second-order valence-corrected chi connectivity index (χ2v) is 1.95. The Morgan fingerprint density at radius 3 is 2.50 bits per heavy atom. The normalized spacial score (nSPS) is 9.80. The van der Waals surface area contributed by atoms with Gasteiger partial charge in [0.15, 0.2) is 0 Å². The van der Waals surface area contributed by atoms with Crippen molar-refractivity contribution in [2.75, 3.05) is 0 Å². The summed E-state index contributed by atoms with van der Waals surface area (Å²) in [5, 5.41) is 0. The predicted molar refractivity (Wildman–Crippen MR) is 45.4 cm³/mol. The second-order valence-electron chi connectivity index (χ2n) is 1.95. The van der Waals surface area contributed by atoms with Crippen LogP contribution in [0.1, 0.15) is 18.4 Å². The van der Waals surface area contributed by atoms with E-state index in [1.54, 1.807) is 0 Å². The fourth-order valence-electron chi connectivity index (χ4n) is 0.707. The first-order valence-corrected chi connectivity index (χ1v) is 3.02. The van der Waals surface area contributed by atoms with Crippen LogP contribution in [-0.4, -0.2) is 0 Å². The fourth-order valence-corrected chi connectivity index (χ4v) is 0.707. The zero-order valence-corrected chi connectivity index (χ0v) is 6.94. The molecule has 1 heterocycles. The first-order valence-electron chi connectivity index (χ1n) is 3.02. The summed E-state index contributed by atoms with van der Waals surface area (Å²) in [4.78, 5) is 0. The minimum atomic E-state index is 0. The molecule has 0 saturated heterocycles. The number of halogens is 1. The van der Waals surface area contributed by atoms with Gasteiger partial charge in [-0.1, -0.05) is 6.08 Å². The molecule has 0 spiro atoms. The van der Waals surface area contributed by atoms with Gasteiger partial charge in [-0.15, -0.1) is 12.4 Å². The van der Waals surface area contributed by atoms with Gasteiger partial charge in [-0.2, -0.15) is 0 Å². The van der Waals surface area contributed by atoms with E-state index in [9.17, 15) is 0 Å². The molecular weight excluding hydrogens is 148 g/mol. The summed E-state index contributed by atoms with van der Waals surface area (Å²) in [6.07, 6.45) is 3.89. The molecule has 1 rings (SSSR count). The van der Waals surface area contributed by atoms with E-state index in [1.165, 1.54) is 0 Å². The minimum Gasteiger partial charge on any atom is -0.462 e. The molecule has 0 aliphatic carbocycles. The summed E-state index contributed by atoms with van der Waals surface area (Å²) in [7, 11) is 0. The van der Waals surface area contributed by atoms with Crippen LogP contribution in [0.2, 0.25) is 0 Å². The molecule has 0 aromatic carbocycles. The second kappa shape index (κ2) is 4.18. The molecule has 0 bridgehead atoms. The number of hydrogen-bond acceptors (Lipinski definition) is 1. The molecule has 56 valence electrons. The smallest absolute Gasteiger partial charge is 0.126 e. The molecule has 0 radical (unpaired) electrons. The highest BCUT2D eigenvalue weighted by atomic mass is 35.5. The maximum atomic E-state index is 5.24. The van der Waals surface area contributed by atoms with E-state index in [1.807, 2.05) is 38.1 Å². The van der Waals surface area contributed by atoms with Crippen LogP contribution in [0.5, 0.6) is 0 Å². The minimum absolute atomic E-state index is 0. The third-order valence-corrected chi connectivity index (χ3v) is 1.09. The lowest BCUT2D eigenvalue weighted by Crippen LogP contribution is -1.57. The standard InChI is InChI=1S/C8H10O.ClH/c1-3-4-8-6-5-7(2)9-8;/h3-6H,1-2H3;1H/b4-3+;. The Hall–Kier alpha value is -0.690. The lowest BCUT2D eigenvalue weighted by Gasteiger charge is -1.80. The summed E-state index contributed by atoms with van der Waals surface area (Å²) in [6, 6.07) is 3.91. The van der Waals surface area contributed by atoms with Crippen molar-refractivity contribution >= 4 is 18.5 Å². The monoisotopic (exact) mass is 158 g/mol. The number of aryl methyl sites for hydroxylation is 1. The highest BCUT2D eigenvalue weighted by Gasteiger charge is 1.89. The van der Waals surface area contributed by atoms with Gasteiger partial charge in [0.1, 0.15) is 11.5 Å². The maximum absolute atomic E-state index is 5.24. The van der Waals surface area contributed by atoms with E-state index in [4.69, 9.17) is 4.42 Å². The van der Waals surface area contributed by atoms with Crippen molar-refractivity contribution in [3.8, 4) is 0 Å². The lowest BCUT2D eigenvalue weighted by molar-refractivity contribution is 0.525. The van der Waals surface area contributed by atoms with Gasteiger partial charge in [-0.05, 0) is 32.1 Å². The van der Waals surface area contributed by atoms with E-state index in [2.05, 4.69) is 0 Å². The number of allylic oxidation sites excluding steroid dienone is 1. The molecule has 0 unspecified atom stereocenters. The zero-order chi connectivity index (χ0) is 6.69. The van der Waals surface area contributed by atoms with Gasteiger partial charge in [0, 0.05) is 0 Å². The van der Waals surface area contributed by atoms with Crippen molar-refractivity contribution in [2.45, 2.75) is 13.8 Å². The first kappa shape index (κ1) is 9.31. The van der Waals surface area contributed by atoms with E-state index < -0.39 is 0 Å². The molecule has 1 aromatic heterocycles. The van der Waals surface area contributed by atoms with E-state index >= 15 is 0 Å². The maximum Gasteiger partial charge on any atom is 0.126 e. The number of rotatable bonds is 1. The Bertz CT molecular complexity index is 213. The molecule has 1 nitrogen and oxygen atoms in total. The predicted octanol–water partition coefficient (Wildman–Crippen LogP) is 3.04. The van der Waals surface area contributed by atoms with Crippen molar-refractivity contribution in [1.29, 1.82) is 0 Å². The molecule has 0 N–H and O–H groups in total. The summed E-state index contributed by atoms with van der Waals surface area (Å²) in [6.45, 7) is 3.91. The lowest BCUT2D eigenvalue weighted by atomic mass is 10.4. The molecule has 0 fully saturated rings. The molecular formula is C8H11ClO. The average Bonchev–Trinajstić information content (AvgIpc) is 2.17.